The third-order valence-corrected chi connectivity index (χ3v) is 5.64. The van der Waals surface area contributed by atoms with Crippen LogP contribution in [0.3, 0.4) is 0 Å². The van der Waals surface area contributed by atoms with Gasteiger partial charge in [-0.25, -0.2) is 9.48 Å². The molecule has 0 radical (unpaired) electrons. The predicted molar refractivity (Wildman–Crippen MR) is 116 cm³/mol. The number of carbonyl (C=O) groups is 2. The Hall–Kier alpha value is -3.39. The van der Waals surface area contributed by atoms with Crippen LogP contribution in [0.4, 0.5) is 5.69 Å². The molecule has 2 heterocycles. The summed E-state index contributed by atoms with van der Waals surface area (Å²) in [5.74, 6) is -0.490. The third kappa shape index (κ3) is 4.69. The molecule has 4 rings (SSSR count). The van der Waals surface area contributed by atoms with Gasteiger partial charge in [0.1, 0.15) is 0 Å². The first-order valence-electron chi connectivity index (χ1n) is 9.91. The average Bonchev–Trinajstić information content (AvgIpc) is 3.28. The maximum atomic E-state index is 12.8. The Labute approximate surface area is 185 Å². The molecule has 0 atom stereocenters. The first-order valence-corrected chi connectivity index (χ1v) is 10.3. The van der Waals surface area contributed by atoms with E-state index in [1.165, 1.54) is 7.11 Å². The first-order chi connectivity index (χ1) is 15.0. The molecule has 1 aliphatic heterocycles. The van der Waals surface area contributed by atoms with Gasteiger partial charge >= 0.3 is 5.97 Å². The van der Waals surface area contributed by atoms with Crippen LogP contribution in [0.25, 0.3) is 0 Å². The van der Waals surface area contributed by atoms with E-state index in [0.717, 1.165) is 11.3 Å². The largest absolute Gasteiger partial charge is 0.465 e. The smallest absolute Gasteiger partial charge is 0.337 e. The van der Waals surface area contributed by atoms with E-state index in [2.05, 4.69) is 15.2 Å². The maximum Gasteiger partial charge on any atom is 0.337 e. The van der Waals surface area contributed by atoms with Gasteiger partial charge in [0.15, 0.2) is 5.69 Å². The van der Waals surface area contributed by atoms with Gasteiger partial charge in [-0.3, -0.25) is 4.79 Å². The zero-order valence-electron chi connectivity index (χ0n) is 17.1. The number of methoxy groups -OCH3 is 1. The number of nitrogens with zero attached hydrogens (tertiary/aromatic N) is 5. The van der Waals surface area contributed by atoms with Gasteiger partial charge in [0.25, 0.3) is 5.91 Å². The number of amides is 1. The van der Waals surface area contributed by atoms with Crippen LogP contribution >= 0.6 is 11.6 Å². The predicted octanol–water partition coefficient (Wildman–Crippen LogP) is 2.73. The Bertz CT molecular complexity index is 1070. The zero-order valence-corrected chi connectivity index (χ0v) is 17.8. The Balaban J connectivity index is 1.35. The SMILES string of the molecule is COC(=O)c1ccc(N2CCN(C(=O)c3cn(Cc4ccccc4Cl)nn3)CC2)cc1. The molecule has 9 heteroatoms. The van der Waals surface area contributed by atoms with Gasteiger partial charge in [-0.05, 0) is 35.9 Å². The van der Waals surface area contributed by atoms with Gasteiger partial charge in [-0.1, -0.05) is 35.0 Å². The van der Waals surface area contributed by atoms with Crippen LogP contribution in [0.2, 0.25) is 5.02 Å². The van der Waals surface area contributed by atoms with Crippen LogP contribution in [-0.4, -0.2) is 65.1 Å². The second-order valence-corrected chi connectivity index (χ2v) is 7.62. The Morgan fingerprint density at radius 1 is 1.03 bits per heavy atom. The van der Waals surface area contributed by atoms with Gasteiger partial charge in [0, 0.05) is 36.9 Å². The minimum Gasteiger partial charge on any atom is -0.465 e. The summed E-state index contributed by atoms with van der Waals surface area (Å²) in [5.41, 5.74) is 2.76. The summed E-state index contributed by atoms with van der Waals surface area (Å²) in [6, 6.07) is 14.8. The number of rotatable bonds is 5. The highest BCUT2D eigenvalue weighted by Gasteiger charge is 2.24. The minimum atomic E-state index is -0.357. The van der Waals surface area contributed by atoms with E-state index in [4.69, 9.17) is 16.3 Å². The fraction of sp³-hybridized carbons (Fsp3) is 0.273. The lowest BCUT2D eigenvalue weighted by Crippen LogP contribution is -2.48. The monoisotopic (exact) mass is 439 g/mol. The molecule has 1 saturated heterocycles. The minimum absolute atomic E-state index is 0.133. The van der Waals surface area contributed by atoms with Crippen LogP contribution < -0.4 is 4.90 Å². The van der Waals surface area contributed by atoms with Crippen molar-refractivity contribution in [3.8, 4) is 0 Å². The van der Waals surface area contributed by atoms with Crippen molar-refractivity contribution in [2.45, 2.75) is 6.54 Å². The third-order valence-electron chi connectivity index (χ3n) is 5.27. The molecular formula is C22H22ClN5O3. The summed E-state index contributed by atoms with van der Waals surface area (Å²) in [7, 11) is 1.36. The molecule has 0 saturated carbocycles. The molecule has 0 unspecified atom stereocenters. The van der Waals surface area contributed by atoms with Crippen molar-refractivity contribution in [2.75, 3.05) is 38.2 Å². The van der Waals surface area contributed by atoms with Crippen LogP contribution in [0, 0.1) is 0 Å². The topological polar surface area (TPSA) is 80.6 Å². The lowest BCUT2D eigenvalue weighted by molar-refractivity contribution is 0.0600. The van der Waals surface area contributed by atoms with Gasteiger partial charge in [0.05, 0.1) is 25.4 Å². The van der Waals surface area contributed by atoms with Crippen molar-refractivity contribution in [3.05, 3.63) is 76.6 Å². The van der Waals surface area contributed by atoms with Crippen LogP contribution in [-0.2, 0) is 11.3 Å². The van der Waals surface area contributed by atoms with Crippen molar-refractivity contribution in [3.63, 3.8) is 0 Å². The summed E-state index contributed by atoms with van der Waals surface area (Å²) in [6.07, 6.45) is 1.66. The van der Waals surface area contributed by atoms with Crippen molar-refractivity contribution >= 4 is 29.2 Å². The first kappa shape index (κ1) is 20.9. The summed E-state index contributed by atoms with van der Waals surface area (Å²) in [5, 5.41) is 8.78. The fourth-order valence-electron chi connectivity index (χ4n) is 3.53. The molecule has 31 heavy (non-hydrogen) atoms. The molecular weight excluding hydrogens is 418 g/mol. The van der Waals surface area contributed by atoms with E-state index in [1.54, 1.807) is 27.9 Å². The summed E-state index contributed by atoms with van der Waals surface area (Å²) < 4.78 is 6.35. The highest BCUT2D eigenvalue weighted by atomic mass is 35.5. The number of esters is 1. The molecule has 1 fully saturated rings. The molecule has 1 amide bonds. The summed E-state index contributed by atoms with van der Waals surface area (Å²) >= 11 is 6.20. The van der Waals surface area contributed by atoms with E-state index in [-0.39, 0.29) is 11.9 Å². The second kappa shape index (κ2) is 9.18. The van der Waals surface area contributed by atoms with Crippen LogP contribution in [0.1, 0.15) is 26.4 Å². The number of aromatic nitrogens is 3. The molecule has 0 bridgehead atoms. The Morgan fingerprint density at radius 2 is 1.74 bits per heavy atom. The van der Waals surface area contributed by atoms with Gasteiger partial charge < -0.3 is 14.5 Å². The van der Waals surface area contributed by atoms with Gasteiger partial charge in [-0.15, -0.1) is 5.10 Å². The normalized spacial score (nSPS) is 13.9. The summed E-state index contributed by atoms with van der Waals surface area (Å²) in [6.45, 7) is 2.99. The molecule has 1 aromatic heterocycles. The number of carbonyl (C=O) groups excluding carboxylic acids is 2. The van der Waals surface area contributed by atoms with Crippen LogP contribution in [0.15, 0.2) is 54.7 Å². The molecule has 2 aromatic carbocycles. The number of anilines is 1. The maximum absolute atomic E-state index is 12.8. The lowest BCUT2D eigenvalue weighted by atomic mass is 10.2. The molecule has 160 valence electrons. The van der Waals surface area contributed by atoms with E-state index >= 15 is 0 Å². The summed E-state index contributed by atoms with van der Waals surface area (Å²) in [4.78, 5) is 28.4. The molecule has 0 N–H and O–H groups in total. The Morgan fingerprint density at radius 3 is 2.42 bits per heavy atom. The molecule has 8 nitrogen and oxygen atoms in total. The molecule has 0 aliphatic carbocycles. The quantitative estimate of drug-likeness (QED) is 0.569. The van der Waals surface area contributed by atoms with Crippen molar-refractivity contribution in [2.24, 2.45) is 0 Å². The molecule has 3 aromatic rings. The second-order valence-electron chi connectivity index (χ2n) is 7.21. The highest BCUT2D eigenvalue weighted by molar-refractivity contribution is 6.31. The number of hydrogen-bond acceptors (Lipinski definition) is 6. The Kier molecular flexibility index (Phi) is 6.18. The number of benzene rings is 2. The average molecular weight is 440 g/mol. The van der Waals surface area contributed by atoms with E-state index in [9.17, 15) is 9.59 Å². The van der Waals surface area contributed by atoms with E-state index in [1.807, 2.05) is 36.4 Å². The zero-order chi connectivity index (χ0) is 21.8. The van der Waals surface area contributed by atoms with E-state index in [0.29, 0.717) is 49.0 Å². The van der Waals surface area contributed by atoms with Gasteiger partial charge in [0.2, 0.25) is 0 Å². The lowest BCUT2D eigenvalue weighted by Gasteiger charge is -2.35. The van der Waals surface area contributed by atoms with Crippen molar-refractivity contribution < 1.29 is 14.3 Å². The standard InChI is InChI=1S/C22H22ClN5O3/c1-31-22(30)16-6-8-18(9-7-16)26-10-12-27(13-11-26)21(29)20-15-28(25-24-20)14-17-4-2-3-5-19(17)23/h2-9,15H,10-14H2,1H3. The number of halogens is 1. The fourth-order valence-corrected chi connectivity index (χ4v) is 3.73. The molecule has 1 aliphatic rings. The molecule has 0 spiro atoms. The van der Waals surface area contributed by atoms with Crippen LogP contribution in [0.5, 0.6) is 0 Å². The number of piperazine rings is 1. The number of hydrogen-bond donors (Lipinski definition) is 0. The van der Waals surface area contributed by atoms with Crippen molar-refractivity contribution in [1.82, 2.24) is 19.9 Å². The van der Waals surface area contributed by atoms with Gasteiger partial charge in [-0.2, -0.15) is 0 Å². The van der Waals surface area contributed by atoms with Crippen molar-refractivity contribution in [1.29, 1.82) is 0 Å². The number of ether oxygens (including phenoxy) is 1. The van der Waals surface area contributed by atoms with E-state index < -0.39 is 0 Å². The highest BCUT2D eigenvalue weighted by Crippen LogP contribution is 2.19.